The van der Waals surface area contributed by atoms with Gasteiger partial charge in [0.2, 0.25) is 0 Å². The van der Waals surface area contributed by atoms with Crippen molar-refractivity contribution in [3.05, 3.63) is 90.3 Å². The van der Waals surface area contributed by atoms with Crippen molar-refractivity contribution in [2.24, 2.45) is 0 Å². The molecule has 0 bridgehead atoms. The van der Waals surface area contributed by atoms with Crippen molar-refractivity contribution >= 4 is 34.2 Å². The molecule has 1 aromatic heterocycles. The highest BCUT2D eigenvalue weighted by Crippen LogP contribution is 2.28. The van der Waals surface area contributed by atoms with Crippen molar-refractivity contribution in [1.29, 1.82) is 0 Å². The summed E-state index contributed by atoms with van der Waals surface area (Å²) < 4.78 is 0. The van der Waals surface area contributed by atoms with Crippen molar-refractivity contribution in [3.63, 3.8) is 0 Å². The maximum absolute atomic E-state index is 4.46. The number of rotatable bonds is 5. The Kier molecular flexibility index (Phi) is 4.84. The Bertz CT molecular complexity index is 1030. The lowest BCUT2D eigenvalue weighted by Crippen LogP contribution is -1.97. The first-order chi connectivity index (χ1) is 12.8. The lowest BCUT2D eigenvalue weighted by atomic mass is 10.1. The summed E-state index contributed by atoms with van der Waals surface area (Å²) in [6, 6.07) is 25.1. The molecule has 4 heteroatoms. The van der Waals surface area contributed by atoms with Crippen LogP contribution in [-0.2, 0) is 5.75 Å². The molecule has 0 radical (unpaired) electrons. The van der Waals surface area contributed by atoms with Crippen LogP contribution in [0.15, 0.2) is 84.0 Å². The number of anilines is 2. The Labute approximate surface area is 157 Å². The minimum atomic E-state index is 0.840. The van der Waals surface area contributed by atoms with E-state index in [4.69, 9.17) is 0 Å². The predicted octanol–water partition coefficient (Wildman–Crippen LogP) is 5.97. The van der Waals surface area contributed by atoms with Gasteiger partial charge < -0.3 is 5.32 Å². The van der Waals surface area contributed by atoms with Gasteiger partial charge in [0, 0.05) is 21.7 Å². The molecule has 1 N–H and O–H groups in total. The fraction of sp³-hybridized carbons (Fsp3) is 0.0909. The number of fused-ring (bicyclic) bond motifs is 1. The van der Waals surface area contributed by atoms with Gasteiger partial charge in [0.1, 0.15) is 12.1 Å². The highest BCUT2D eigenvalue weighted by molar-refractivity contribution is 7.98. The number of nitrogens with one attached hydrogen (secondary N) is 1. The van der Waals surface area contributed by atoms with Crippen LogP contribution in [0.4, 0.5) is 11.5 Å². The smallest absolute Gasteiger partial charge is 0.141 e. The third-order valence-corrected chi connectivity index (χ3v) is 5.21. The molecule has 0 amide bonds. The van der Waals surface area contributed by atoms with Gasteiger partial charge in [-0.2, -0.15) is 0 Å². The van der Waals surface area contributed by atoms with Gasteiger partial charge in [-0.25, -0.2) is 9.97 Å². The zero-order chi connectivity index (χ0) is 17.8. The third kappa shape index (κ3) is 3.86. The second kappa shape index (κ2) is 7.58. The molecule has 0 fully saturated rings. The summed E-state index contributed by atoms with van der Waals surface area (Å²) in [6.07, 6.45) is 1.61. The van der Waals surface area contributed by atoms with Gasteiger partial charge in [0.25, 0.3) is 0 Å². The zero-order valence-electron chi connectivity index (χ0n) is 14.5. The molecule has 3 nitrogen and oxygen atoms in total. The minimum absolute atomic E-state index is 0.840. The number of aromatic nitrogens is 2. The normalized spacial score (nSPS) is 10.8. The molecule has 3 aromatic carbocycles. The average molecular weight is 357 g/mol. The van der Waals surface area contributed by atoms with Crippen LogP contribution in [0.2, 0.25) is 0 Å². The van der Waals surface area contributed by atoms with Crippen LogP contribution in [0, 0.1) is 6.92 Å². The second-order valence-corrected chi connectivity index (χ2v) is 7.22. The van der Waals surface area contributed by atoms with E-state index in [9.17, 15) is 0 Å². The Balaban J connectivity index is 1.61. The van der Waals surface area contributed by atoms with Gasteiger partial charge in [-0.1, -0.05) is 36.4 Å². The SMILES string of the molecule is Cc1cccc(Nc2ncnc3ccc(CSc4ccccc4)cc23)c1. The fourth-order valence-electron chi connectivity index (χ4n) is 2.84. The van der Waals surface area contributed by atoms with E-state index in [0.717, 1.165) is 28.2 Å². The van der Waals surface area contributed by atoms with Crippen LogP contribution in [0.1, 0.15) is 11.1 Å². The van der Waals surface area contributed by atoms with E-state index in [1.54, 1.807) is 6.33 Å². The van der Waals surface area contributed by atoms with Gasteiger partial charge in [0.05, 0.1) is 5.52 Å². The number of hydrogen-bond donors (Lipinski definition) is 1. The molecule has 0 aliphatic carbocycles. The quantitative estimate of drug-likeness (QED) is 0.446. The first-order valence-corrected chi connectivity index (χ1v) is 9.52. The summed E-state index contributed by atoms with van der Waals surface area (Å²) in [4.78, 5) is 10.1. The minimum Gasteiger partial charge on any atom is -0.340 e. The zero-order valence-corrected chi connectivity index (χ0v) is 15.3. The van der Waals surface area contributed by atoms with Crippen LogP contribution in [0.3, 0.4) is 0 Å². The molecule has 0 saturated carbocycles. The molecule has 0 aliphatic rings. The summed E-state index contributed by atoms with van der Waals surface area (Å²) in [6.45, 7) is 2.09. The number of hydrogen-bond acceptors (Lipinski definition) is 4. The molecule has 0 spiro atoms. The molecule has 0 saturated heterocycles. The number of benzene rings is 3. The predicted molar refractivity (Wildman–Crippen MR) is 110 cm³/mol. The Hall–Kier alpha value is -2.85. The van der Waals surface area contributed by atoms with Crippen LogP contribution < -0.4 is 5.32 Å². The molecule has 128 valence electrons. The number of nitrogens with zero attached hydrogens (tertiary/aromatic N) is 2. The van der Waals surface area contributed by atoms with Gasteiger partial charge in [-0.3, -0.25) is 0 Å². The molecule has 4 rings (SSSR count). The highest BCUT2D eigenvalue weighted by atomic mass is 32.2. The standard InChI is InChI=1S/C22H19N3S/c1-16-6-5-7-18(12-16)25-22-20-13-17(10-11-21(20)23-15-24-22)14-26-19-8-3-2-4-9-19/h2-13,15H,14H2,1H3,(H,23,24,25). The summed E-state index contributed by atoms with van der Waals surface area (Å²) in [5.41, 5.74) is 4.46. The first-order valence-electron chi connectivity index (χ1n) is 8.53. The summed E-state index contributed by atoms with van der Waals surface area (Å²) >= 11 is 1.83. The van der Waals surface area contributed by atoms with Gasteiger partial charge in [0.15, 0.2) is 0 Å². The van der Waals surface area contributed by atoms with Crippen LogP contribution in [0.25, 0.3) is 10.9 Å². The molecular formula is C22H19N3S. The Morgan fingerprint density at radius 3 is 2.62 bits per heavy atom. The summed E-state index contributed by atoms with van der Waals surface area (Å²) in [5.74, 6) is 1.76. The van der Waals surface area contributed by atoms with Crippen molar-refractivity contribution < 1.29 is 0 Å². The monoisotopic (exact) mass is 357 g/mol. The second-order valence-electron chi connectivity index (χ2n) is 6.17. The van der Waals surface area contributed by atoms with Crippen LogP contribution >= 0.6 is 11.8 Å². The average Bonchev–Trinajstić information content (AvgIpc) is 2.67. The Morgan fingerprint density at radius 2 is 1.77 bits per heavy atom. The molecule has 1 heterocycles. The largest absolute Gasteiger partial charge is 0.340 e. The molecule has 0 unspecified atom stereocenters. The van der Waals surface area contributed by atoms with Crippen LogP contribution in [0.5, 0.6) is 0 Å². The van der Waals surface area contributed by atoms with E-state index in [-0.39, 0.29) is 0 Å². The lowest BCUT2D eigenvalue weighted by Gasteiger charge is -2.10. The highest BCUT2D eigenvalue weighted by Gasteiger charge is 2.06. The third-order valence-electron chi connectivity index (χ3n) is 4.13. The van der Waals surface area contributed by atoms with Gasteiger partial charge in [-0.15, -0.1) is 11.8 Å². The van der Waals surface area contributed by atoms with E-state index >= 15 is 0 Å². The maximum atomic E-state index is 4.46. The lowest BCUT2D eigenvalue weighted by molar-refractivity contribution is 1.21. The van der Waals surface area contributed by atoms with Crippen molar-refractivity contribution in [2.75, 3.05) is 5.32 Å². The van der Waals surface area contributed by atoms with E-state index in [2.05, 4.69) is 82.9 Å². The molecule has 26 heavy (non-hydrogen) atoms. The topological polar surface area (TPSA) is 37.8 Å². The summed E-state index contributed by atoms with van der Waals surface area (Å²) in [7, 11) is 0. The number of thioether (sulfide) groups is 1. The van der Waals surface area contributed by atoms with E-state index in [1.807, 2.05) is 23.9 Å². The first kappa shape index (κ1) is 16.6. The van der Waals surface area contributed by atoms with E-state index in [0.29, 0.717) is 0 Å². The Morgan fingerprint density at radius 1 is 0.885 bits per heavy atom. The van der Waals surface area contributed by atoms with E-state index in [1.165, 1.54) is 16.0 Å². The molecule has 0 aliphatic heterocycles. The molecule has 0 atom stereocenters. The summed E-state index contributed by atoms with van der Waals surface area (Å²) in [5, 5.41) is 4.47. The van der Waals surface area contributed by atoms with Crippen molar-refractivity contribution in [3.8, 4) is 0 Å². The van der Waals surface area contributed by atoms with E-state index < -0.39 is 0 Å². The van der Waals surface area contributed by atoms with Crippen LogP contribution in [-0.4, -0.2) is 9.97 Å². The molecule has 4 aromatic rings. The maximum Gasteiger partial charge on any atom is 0.141 e. The molecular weight excluding hydrogens is 338 g/mol. The van der Waals surface area contributed by atoms with Crippen molar-refractivity contribution in [2.45, 2.75) is 17.6 Å². The van der Waals surface area contributed by atoms with Crippen molar-refractivity contribution in [1.82, 2.24) is 9.97 Å². The fourth-order valence-corrected chi connectivity index (χ4v) is 3.70. The van der Waals surface area contributed by atoms with Gasteiger partial charge in [-0.05, 0) is 54.4 Å². The van der Waals surface area contributed by atoms with Gasteiger partial charge >= 0.3 is 0 Å². The number of aryl methyl sites for hydroxylation is 1.